The second kappa shape index (κ2) is 7.47. The highest BCUT2D eigenvalue weighted by molar-refractivity contribution is 7.99. The Hall–Kier alpha value is -1.69. The molecule has 0 unspecified atom stereocenters. The first-order valence-electron chi connectivity index (χ1n) is 6.96. The first-order chi connectivity index (χ1) is 11.3. The SMILES string of the molecule is CCn1c(CCO)nc(C(F)(F)F)c1Sc1cc(Cl)cc(C#N)c1. The zero-order valence-electron chi connectivity index (χ0n) is 12.6. The van der Waals surface area contributed by atoms with Gasteiger partial charge in [-0.15, -0.1) is 0 Å². The number of hydrogen-bond acceptors (Lipinski definition) is 4. The van der Waals surface area contributed by atoms with E-state index in [2.05, 4.69) is 4.98 Å². The molecule has 0 saturated carbocycles. The van der Waals surface area contributed by atoms with Crippen LogP contribution in [0, 0.1) is 11.3 Å². The van der Waals surface area contributed by atoms with Gasteiger partial charge in [0.15, 0.2) is 5.69 Å². The van der Waals surface area contributed by atoms with Gasteiger partial charge in [0.05, 0.1) is 18.2 Å². The Morgan fingerprint density at radius 3 is 2.62 bits per heavy atom. The highest BCUT2D eigenvalue weighted by atomic mass is 35.5. The summed E-state index contributed by atoms with van der Waals surface area (Å²) in [6.45, 7) is 1.67. The van der Waals surface area contributed by atoms with Crippen molar-refractivity contribution in [1.82, 2.24) is 9.55 Å². The molecule has 2 aromatic rings. The number of aliphatic hydroxyl groups is 1. The molecule has 0 aliphatic rings. The van der Waals surface area contributed by atoms with Crippen molar-refractivity contribution in [3.8, 4) is 6.07 Å². The minimum atomic E-state index is -4.62. The summed E-state index contributed by atoms with van der Waals surface area (Å²) in [6, 6.07) is 6.31. The van der Waals surface area contributed by atoms with Gasteiger partial charge < -0.3 is 9.67 Å². The summed E-state index contributed by atoms with van der Waals surface area (Å²) in [5.41, 5.74) is -0.743. The molecule has 0 aliphatic carbocycles. The van der Waals surface area contributed by atoms with Crippen LogP contribution in [0.2, 0.25) is 5.02 Å². The van der Waals surface area contributed by atoms with Gasteiger partial charge in [-0.05, 0) is 25.1 Å². The van der Waals surface area contributed by atoms with Gasteiger partial charge in [-0.2, -0.15) is 18.4 Å². The molecule has 9 heteroatoms. The van der Waals surface area contributed by atoms with Crippen LogP contribution in [0.15, 0.2) is 28.1 Å². The fourth-order valence-corrected chi connectivity index (χ4v) is 3.68. The average molecular weight is 376 g/mol. The average Bonchev–Trinajstić information content (AvgIpc) is 2.84. The molecule has 1 aromatic carbocycles. The van der Waals surface area contributed by atoms with Crippen molar-refractivity contribution in [3.05, 3.63) is 40.3 Å². The topological polar surface area (TPSA) is 61.8 Å². The standard InChI is InChI=1S/C15H13ClF3N3OS/c1-2-22-12(3-4-23)21-13(15(17,18)19)14(22)24-11-6-9(8-20)5-10(16)7-11/h5-7,23H,2-4H2,1H3. The highest BCUT2D eigenvalue weighted by Gasteiger charge is 2.39. The zero-order chi connectivity index (χ0) is 17.9. The van der Waals surface area contributed by atoms with Crippen LogP contribution < -0.4 is 0 Å². The molecule has 0 aliphatic heterocycles. The lowest BCUT2D eigenvalue weighted by Gasteiger charge is -2.11. The molecule has 0 bridgehead atoms. The van der Waals surface area contributed by atoms with E-state index in [9.17, 15) is 13.2 Å². The van der Waals surface area contributed by atoms with Crippen molar-refractivity contribution >= 4 is 23.4 Å². The second-order valence-electron chi connectivity index (χ2n) is 4.79. The first-order valence-corrected chi connectivity index (χ1v) is 8.15. The summed E-state index contributed by atoms with van der Waals surface area (Å²) >= 11 is 6.76. The predicted octanol–water partition coefficient (Wildman–Crippen LogP) is 4.13. The normalized spacial score (nSPS) is 11.5. The predicted molar refractivity (Wildman–Crippen MR) is 84.0 cm³/mol. The maximum absolute atomic E-state index is 13.3. The van der Waals surface area contributed by atoms with Crippen LogP contribution in [-0.2, 0) is 19.1 Å². The molecule has 24 heavy (non-hydrogen) atoms. The minimum absolute atomic E-state index is 0.0243. The van der Waals surface area contributed by atoms with Gasteiger partial charge in [-0.25, -0.2) is 4.98 Å². The van der Waals surface area contributed by atoms with Gasteiger partial charge in [0, 0.05) is 22.9 Å². The van der Waals surface area contributed by atoms with E-state index >= 15 is 0 Å². The van der Waals surface area contributed by atoms with Crippen LogP contribution in [0.25, 0.3) is 0 Å². The number of aliphatic hydroxyl groups excluding tert-OH is 1. The number of nitrogens with zero attached hydrogens (tertiary/aromatic N) is 3. The number of aromatic nitrogens is 2. The van der Waals surface area contributed by atoms with Crippen LogP contribution in [-0.4, -0.2) is 21.3 Å². The third-order valence-corrected chi connectivity index (χ3v) is 4.43. The smallest absolute Gasteiger partial charge is 0.396 e. The lowest BCUT2D eigenvalue weighted by Crippen LogP contribution is -2.08. The lowest BCUT2D eigenvalue weighted by molar-refractivity contribution is -0.143. The summed E-state index contributed by atoms with van der Waals surface area (Å²) < 4.78 is 41.4. The summed E-state index contributed by atoms with van der Waals surface area (Å²) in [6.07, 6.45) is -4.60. The fourth-order valence-electron chi connectivity index (χ4n) is 2.19. The van der Waals surface area contributed by atoms with Crippen LogP contribution in [0.3, 0.4) is 0 Å². The minimum Gasteiger partial charge on any atom is -0.396 e. The number of hydrogen-bond donors (Lipinski definition) is 1. The Morgan fingerprint density at radius 1 is 1.38 bits per heavy atom. The van der Waals surface area contributed by atoms with E-state index in [0.29, 0.717) is 4.90 Å². The maximum Gasteiger partial charge on any atom is 0.436 e. The largest absolute Gasteiger partial charge is 0.436 e. The van der Waals surface area contributed by atoms with Crippen molar-refractivity contribution in [2.24, 2.45) is 0 Å². The third kappa shape index (κ3) is 4.04. The van der Waals surface area contributed by atoms with Gasteiger partial charge in [0.1, 0.15) is 10.9 Å². The molecule has 128 valence electrons. The quantitative estimate of drug-likeness (QED) is 0.853. The Kier molecular flexibility index (Phi) is 5.80. The van der Waals surface area contributed by atoms with E-state index in [1.807, 2.05) is 6.07 Å². The Balaban J connectivity index is 2.56. The summed E-state index contributed by atoms with van der Waals surface area (Å²) in [5.74, 6) is 0.164. The van der Waals surface area contributed by atoms with E-state index in [4.69, 9.17) is 22.0 Å². The molecule has 0 saturated heterocycles. The van der Waals surface area contributed by atoms with E-state index in [1.54, 1.807) is 6.92 Å². The molecule has 0 amide bonds. The summed E-state index contributed by atoms with van der Waals surface area (Å²) in [5, 5.41) is 18.2. The summed E-state index contributed by atoms with van der Waals surface area (Å²) in [4.78, 5) is 4.07. The molecule has 4 nitrogen and oxygen atoms in total. The number of halogens is 4. The Morgan fingerprint density at radius 2 is 2.08 bits per heavy atom. The summed E-state index contributed by atoms with van der Waals surface area (Å²) in [7, 11) is 0. The van der Waals surface area contributed by atoms with E-state index < -0.39 is 11.9 Å². The van der Waals surface area contributed by atoms with E-state index in [1.165, 1.54) is 22.8 Å². The molecule has 0 atom stereocenters. The monoisotopic (exact) mass is 375 g/mol. The molecule has 0 radical (unpaired) electrons. The zero-order valence-corrected chi connectivity index (χ0v) is 14.1. The van der Waals surface area contributed by atoms with E-state index in [-0.39, 0.29) is 41.0 Å². The molecular formula is C15H13ClF3N3OS. The highest BCUT2D eigenvalue weighted by Crippen LogP contribution is 2.40. The van der Waals surface area contributed by atoms with Gasteiger partial charge >= 0.3 is 6.18 Å². The van der Waals surface area contributed by atoms with Crippen molar-refractivity contribution in [2.75, 3.05) is 6.61 Å². The molecule has 1 heterocycles. The Labute approximate surface area is 145 Å². The Bertz CT molecular complexity index is 783. The van der Waals surface area contributed by atoms with Crippen LogP contribution in [0.1, 0.15) is 24.0 Å². The molecule has 1 N–H and O–H groups in total. The van der Waals surface area contributed by atoms with Crippen molar-refractivity contribution in [3.63, 3.8) is 0 Å². The molecule has 0 fully saturated rings. The molecule has 0 spiro atoms. The van der Waals surface area contributed by atoms with Gasteiger partial charge in [-0.3, -0.25) is 0 Å². The molecule has 2 rings (SSSR count). The number of imidazole rings is 1. The van der Waals surface area contributed by atoms with Crippen molar-refractivity contribution in [1.29, 1.82) is 5.26 Å². The fraction of sp³-hybridized carbons (Fsp3) is 0.333. The van der Waals surface area contributed by atoms with Gasteiger partial charge in [-0.1, -0.05) is 23.4 Å². The number of rotatable bonds is 5. The van der Waals surface area contributed by atoms with Crippen molar-refractivity contribution < 1.29 is 18.3 Å². The number of nitriles is 1. The number of benzene rings is 1. The van der Waals surface area contributed by atoms with Gasteiger partial charge in [0.2, 0.25) is 0 Å². The van der Waals surface area contributed by atoms with Crippen LogP contribution in [0.5, 0.6) is 0 Å². The first kappa shape index (κ1) is 18.6. The van der Waals surface area contributed by atoms with Crippen molar-refractivity contribution in [2.45, 2.75) is 36.0 Å². The van der Waals surface area contributed by atoms with Crippen LogP contribution in [0.4, 0.5) is 13.2 Å². The van der Waals surface area contributed by atoms with Crippen LogP contribution >= 0.6 is 23.4 Å². The number of alkyl halides is 3. The second-order valence-corrected chi connectivity index (χ2v) is 6.29. The molecular weight excluding hydrogens is 363 g/mol. The van der Waals surface area contributed by atoms with E-state index in [0.717, 1.165) is 11.8 Å². The molecule has 1 aromatic heterocycles. The maximum atomic E-state index is 13.3. The lowest BCUT2D eigenvalue weighted by atomic mass is 10.2. The van der Waals surface area contributed by atoms with Gasteiger partial charge in [0.25, 0.3) is 0 Å². The third-order valence-electron chi connectivity index (χ3n) is 3.14.